The van der Waals surface area contributed by atoms with Crippen molar-refractivity contribution in [2.45, 2.75) is 0 Å². The standard InChI is InChI=1S/C51H32N3O2.C6H4N.2Pt/c1-53-28-29-54(36-53)43-30-42(51-48(37-14-5-2-6-15-37)24-13-25-49(51)38-16-7-3-8-17-38)33-47(35-43)56-46-23-12-19-41(32-46)50-34-40(26-27-52-50)39-18-11-22-45(31-39)55-44-20-9-4-10-21-44;1-2-7-5-3-4-6-7;;/h2-20,22-25,27-30,33-34H,1H3;3-6H;;/q-3;-1;+2;+4. The van der Waals surface area contributed by atoms with Crippen molar-refractivity contribution in [3.8, 4) is 84.8 Å². The first kappa shape index (κ1) is 45.6. The van der Waals surface area contributed by atoms with E-state index in [0.29, 0.717) is 23.0 Å². The van der Waals surface area contributed by atoms with Gasteiger partial charge in [-0.05, 0) is 39.9 Å². The molecule has 0 spiro atoms. The van der Waals surface area contributed by atoms with Crippen LogP contribution in [0.5, 0.6) is 23.0 Å². The quantitative estimate of drug-likeness (QED) is 0.0778. The van der Waals surface area contributed by atoms with Crippen molar-refractivity contribution in [3.05, 3.63) is 238 Å². The Morgan fingerprint density at radius 1 is 0.585 bits per heavy atom. The topological polar surface area (TPSA) is 42.3 Å². The summed E-state index contributed by atoms with van der Waals surface area (Å²) in [6.45, 7) is 0. The van der Waals surface area contributed by atoms with E-state index in [1.807, 2.05) is 126 Å². The van der Waals surface area contributed by atoms with E-state index in [4.69, 9.17) is 15.9 Å². The molecule has 1 aliphatic rings. The Labute approximate surface area is 408 Å². The number of pyridine rings is 1. The summed E-state index contributed by atoms with van der Waals surface area (Å²) in [5, 5.41) is 0. The molecular weight excluding hydrogens is 1160 g/mol. The van der Waals surface area contributed by atoms with Gasteiger partial charge in [0.2, 0.25) is 6.20 Å². The average molecular weight is 1200 g/mol. The van der Waals surface area contributed by atoms with Gasteiger partial charge in [-0.25, -0.2) is 24.2 Å². The maximum absolute atomic E-state index is 6.64. The van der Waals surface area contributed by atoms with Gasteiger partial charge in [-0.1, -0.05) is 118 Å². The molecule has 1 aliphatic heterocycles. The molecule has 3 heterocycles. The normalized spacial score (nSPS) is 11.1. The van der Waals surface area contributed by atoms with Crippen molar-refractivity contribution in [2.75, 3.05) is 7.05 Å². The van der Waals surface area contributed by atoms with Crippen LogP contribution in [0, 0.1) is 42.8 Å². The Balaban J connectivity index is 0.000000642. The second kappa shape index (κ2) is 21.8. The van der Waals surface area contributed by atoms with Crippen LogP contribution in [-0.2, 0) is 42.1 Å². The first-order valence-electron chi connectivity index (χ1n) is 20.2. The molecule has 10 rings (SSSR count). The summed E-state index contributed by atoms with van der Waals surface area (Å²) in [5.41, 5.74) is 10.5. The summed E-state index contributed by atoms with van der Waals surface area (Å²) in [6.07, 6.45) is 15.7. The molecule has 0 aliphatic carbocycles. The smallest absolute Gasteiger partial charge is 0.669 e. The molecule has 0 amide bonds. The number of para-hydroxylation sites is 1. The third kappa shape index (κ3) is 11.2. The van der Waals surface area contributed by atoms with Gasteiger partial charge in [0.15, 0.2) is 7.05 Å². The maximum atomic E-state index is 6.64. The van der Waals surface area contributed by atoms with E-state index in [1.165, 1.54) is 0 Å². The average Bonchev–Trinajstić information content (AvgIpc) is 4.05. The molecule has 0 radical (unpaired) electrons. The molecule has 0 saturated heterocycles. The van der Waals surface area contributed by atoms with Gasteiger partial charge in [-0.2, -0.15) is 30.3 Å². The number of hydrogen-bond donors (Lipinski definition) is 0. The zero-order valence-electron chi connectivity index (χ0n) is 34.8. The van der Waals surface area contributed by atoms with Crippen molar-refractivity contribution in [1.29, 1.82) is 0 Å². The third-order valence-electron chi connectivity index (χ3n) is 9.98. The fourth-order valence-electron chi connectivity index (χ4n) is 7.07. The minimum atomic E-state index is 0. The predicted molar refractivity (Wildman–Crippen MR) is 246 cm³/mol. The van der Waals surface area contributed by atoms with Gasteiger partial charge in [0.05, 0.1) is 0 Å². The summed E-state index contributed by atoms with van der Waals surface area (Å²) in [7, 11) is 1.95. The van der Waals surface area contributed by atoms with Crippen LogP contribution in [0.3, 0.4) is 0 Å². The Morgan fingerprint density at radius 2 is 1.20 bits per heavy atom. The molecule has 0 fully saturated rings. The van der Waals surface area contributed by atoms with E-state index in [9.17, 15) is 0 Å². The summed E-state index contributed by atoms with van der Waals surface area (Å²) < 4.78 is 18.0. The zero-order valence-corrected chi connectivity index (χ0v) is 39.3. The number of aromatic nitrogens is 2. The van der Waals surface area contributed by atoms with E-state index < -0.39 is 0 Å². The fraction of sp³-hybridized carbons (Fsp3) is 0.0175. The maximum Gasteiger partial charge on any atom is 4.00 e. The summed E-state index contributed by atoms with van der Waals surface area (Å²) in [5.74, 6) is 2.28. The fourth-order valence-corrected chi connectivity index (χ4v) is 7.07. The van der Waals surface area contributed by atoms with Crippen molar-refractivity contribution >= 4 is 11.7 Å². The summed E-state index contributed by atoms with van der Waals surface area (Å²) in [4.78, 5) is 4.65. The van der Waals surface area contributed by atoms with Gasteiger partial charge < -0.3 is 25.4 Å². The van der Waals surface area contributed by atoms with Crippen molar-refractivity contribution < 1.29 is 60.8 Å². The molecule has 0 atom stereocenters. The molecule has 6 nitrogen and oxygen atoms in total. The van der Waals surface area contributed by atoms with Crippen molar-refractivity contribution in [3.63, 3.8) is 0 Å². The SMILES string of the molecule is C[N+]1=C=[N+](c2[c-]c(Oc3[c-]c(-c4cc(-c5[c-]c(Oc6[c-]cccc6)ccc5)[c-]cn4)ccc3)cc(-c3c(-c4ccccc4)cccc3-c3ccccc3)c2)C=C1.[C-]#Cn1cccc1.[Pt+2].[Pt+4]. The van der Waals surface area contributed by atoms with Gasteiger partial charge >= 0.3 is 48.1 Å². The molecule has 8 heteroatoms. The van der Waals surface area contributed by atoms with Crippen LogP contribution in [0.15, 0.2) is 201 Å². The monoisotopic (exact) mass is 1200 g/mol. The van der Waals surface area contributed by atoms with E-state index >= 15 is 0 Å². The second-order valence-electron chi connectivity index (χ2n) is 14.3. The van der Waals surface area contributed by atoms with E-state index in [-0.39, 0.29) is 42.1 Å². The van der Waals surface area contributed by atoms with Crippen LogP contribution in [0.2, 0.25) is 0 Å². The van der Waals surface area contributed by atoms with Gasteiger partial charge in [-0.15, -0.1) is 53.6 Å². The second-order valence-corrected chi connectivity index (χ2v) is 14.3. The molecule has 9 aromatic rings. The molecule has 314 valence electrons. The van der Waals surface area contributed by atoms with Crippen LogP contribution in [0.25, 0.3) is 55.8 Å². The van der Waals surface area contributed by atoms with Gasteiger partial charge in [0.25, 0.3) is 6.20 Å². The van der Waals surface area contributed by atoms with E-state index in [0.717, 1.165) is 61.5 Å². The zero-order chi connectivity index (χ0) is 42.8. The van der Waals surface area contributed by atoms with Crippen LogP contribution in [0.4, 0.5) is 5.69 Å². The van der Waals surface area contributed by atoms with E-state index in [1.54, 1.807) is 23.2 Å². The van der Waals surface area contributed by atoms with Gasteiger partial charge in [-0.3, -0.25) is 11.1 Å². The predicted octanol–water partition coefficient (Wildman–Crippen LogP) is 12.8. The number of ether oxygens (including phenoxy) is 2. The van der Waals surface area contributed by atoms with Crippen LogP contribution < -0.4 is 9.47 Å². The summed E-state index contributed by atoms with van der Waals surface area (Å²) in [6, 6.07) is 78.5. The van der Waals surface area contributed by atoms with Crippen molar-refractivity contribution in [2.24, 2.45) is 0 Å². The summed E-state index contributed by atoms with van der Waals surface area (Å²) >= 11 is 0. The third-order valence-corrected chi connectivity index (χ3v) is 9.98. The first-order valence-corrected chi connectivity index (χ1v) is 20.2. The molecule has 2 aromatic heterocycles. The molecule has 7 aromatic carbocycles. The van der Waals surface area contributed by atoms with Gasteiger partial charge in [0, 0.05) is 35.4 Å². The van der Waals surface area contributed by atoms with Crippen LogP contribution in [-0.4, -0.2) is 31.8 Å². The Bertz CT molecular complexity index is 3120. The number of rotatable bonds is 10. The molecule has 0 bridgehead atoms. The van der Waals surface area contributed by atoms with Crippen LogP contribution in [0.1, 0.15) is 0 Å². The molecule has 0 N–H and O–H groups in total. The van der Waals surface area contributed by atoms with Crippen molar-refractivity contribution in [1.82, 2.24) is 9.55 Å². The minimum Gasteiger partial charge on any atom is -0.669 e. The molecule has 0 unspecified atom stereocenters. The number of nitrogens with zero attached hydrogens (tertiary/aromatic N) is 4. The van der Waals surface area contributed by atoms with E-state index in [2.05, 4.69) is 120 Å². The van der Waals surface area contributed by atoms with Gasteiger partial charge in [0.1, 0.15) is 5.69 Å². The van der Waals surface area contributed by atoms with Crippen LogP contribution >= 0.6 is 0 Å². The first-order chi connectivity index (χ1) is 31.1. The Hall–Kier alpha value is -7.37. The number of hydrogen-bond acceptors (Lipinski definition) is 3. The Morgan fingerprint density at radius 3 is 1.82 bits per heavy atom. The molecule has 65 heavy (non-hydrogen) atoms. The molecular formula is C57H36N4O2Pt2+2. The number of benzene rings is 7. The minimum absolute atomic E-state index is 0. The largest absolute Gasteiger partial charge is 4.00 e. The molecule has 0 saturated carbocycles. The Kier molecular flexibility index (Phi) is 15.3.